The Morgan fingerprint density at radius 1 is 1.39 bits per heavy atom. The molecule has 1 heterocycles. The van der Waals surface area contributed by atoms with Crippen LogP contribution in [0, 0.1) is 5.41 Å². The molecule has 3 heteroatoms. The molecule has 1 atom stereocenters. The molecule has 0 aromatic heterocycles. The van der Waals surface area contributed by atoms with Gasteiger partial charge in [-0.25, -0.2) is 0 Å². The van der Waals surface area contributed by atoms with Gasteiger partial charge in [-0.15, -0.1) is 0 Å². The van der Waals surface area contributed by atoms with E-state index in [1.54, 1.807) is 0 Å². The van der Waals surface area contributed by atoms with Gasteiger partial charge < -0.3 is 9.84 Å². The quantitative estimate of drug-likeness (QED) is 0.921. The second kappa shape index (κ2) is 5.22. The number of ether oxygens (including phenoxy) is 1. The van der Waals surface area contributed by atoms with Crippen molar-refractivity contribution in [2.45, 2.75) is 46.1 Å². The van der Waals surface area contributed by atoms with Crippen LogP contribution in [0.3, 0.4) is 0 Å². The predicted octanol–water partition coefficient (Wildman–Crippen LogP) is 3.72. The zero-order valence-electron chi connectivity index (χ0n) is 11.3. The molecule has 1 aliphatic rings. The smallest absolute Gasteiger partial charge is 0.125 e. The summed E-state index contributed by atoms with van der Waals surface area (Å²) in [4.78, 5) is 0. The van der Waals surface area contributed by atoms with Crippen LogP contribution in [-0.4, -0.2) is 17.8 Å². The molecular weight excluding hydrogens is 292 g/mol. The lowest BCUT2D eigenvalue weighted by Crippen LogP contribution is -2.26. The fourth-order valence-corrected chi connectivity index (χ4v) is 2.81. The Labute approximate surface area is 117 Å². The minimum atomic E-state index is -0.284. The molecule has 0 fully saturated rings. The molecule has 0 spiro atoms. The Hall–Kier alpha value is -0.540. The van der Waals surface area contributed by atoms with Gasteiger partial charge >= 0.3 is 0 Å². The van der Waals surface area contributed by atoms with Crippen LogP contribution >= 0.6 is 15.9 Å². The van der Waals surface area contributed by atoms with Crippen LogP contribution in [-0.2, 0) is 12.8 Å². The van der Waals surface area contributed by atoms with Gasteiger partial charge in [0.1, 0.15) is 5.75 Å². The van der Waals surface area contributed by atoms with Crippen molar-refractivity contribution in [2.75, 3.05) is 6.61 Å². The zero-order chi connectivity index (χ0) is 13.3. The topological polar surface area (TPSA) is 29.5 Å². The molecule has 1 N–H and O–H groups in total. The lowest BCUT2D eigenvalue weighted by Gasteiger charge is -2.26. The highest BCUT2D eigenvalue weighted by Crippen LogP contribution is 2.34. The molecule has 2 rings (SSSR count). The molecule has 1 aliphatic heterocycles. The molecule has 1 aromatic carbocycles. The maximum atomic E-state index is 10.1. The van der Waals surface area contributed by atoms with E-state index in [1.807, 2.05) is 0 Å². The fourth-order valence-electron chi connectivity index (χ4n) is 2.26. The second-order valence-electron chi connectivity index (χ2n) is 6.07. The minimum absolute atomic E-state index is 0.0595. The van der Waals surface area contributed by atoms with Crippen LogP contribution in [0.1, 0.15) is 38.3 Å². The average Bonchev–Trinajstić information content (AvgIpc) is 2.71. The van der Waals surface area contributed by atoms with Crippen LogP contribution < -0.4 is 4.74 Å². The van der Waals surface area contributed by atoms with Gasteiger partial charge in [0.25, 0.3) is 0 Å². The normalized spacial score (nSPS) is 16.3. The summed E-state index contributed by atoms with van der Waals surface area (Å²) in [6.45, 7) is 6.99. The summed E-state index contributed by atoms with van der Waals surface area (Å²) in [5, 5.41) is 10.1. The third-order valence-electron chi connectivity index (χ3n) is 3.51. The molecule has 100 valence electrons. The first-order valence-corrected chi connectivity index (χ1v) is 7.29. The lowest BCUT2D eigenvalue weighted by atomic mass is 9.85. The van der Waals surface area contributed by atoms with Gasteiger partial charge in [0.05, 0.1) is 12.7 Å². The van der Waals surface area contributed by atoms with E-state index in [-0.39, 0.29) is 11.5 Å². The Kier molecular flexibility index (Phi) is 4.02. The largest absolute Gasteiger partial charge is 0.493 e. The van der Waals surface area contributed by atoms with E-state index < -0.39 is 0 Å². The van der Waals surface area contributed by atoms with Crippen LogP contribution in [0.5, 0.6) is 5.75 Å². The molecule has 0 aliphatic carbocycles. The summed E-state index contributed by atoms with van der Waals surface area (Å²) in [5.41, 5.74) is 2.43. The van der Waals surface area contributed by atoms with Crippen LogP contribution in [0.2, 0.25) is 0 Å². The number of benzene rings is 1. The van der Waals surface area contributed by atoms with E-state index in [0.717, 1.165) is 36.1 Å². The number of halogens is 1. The third-order valence-corrected chi connectivity index (χ3v) is 3.97. The van der Waals surface area contributed by atoms with E-state index in [2.05, 4.69) is 48.8 Å². The number of hydrogen-bond acceptors (Lipinski definition) is 2. The number of aliphatic hydroxyl groups is 1. The van der Waals surface area contributed by atoms with Crippen molar-refractivity contribution in [1.82, 2.24) is 0 Å². The Morgan fingerprint density at radius 2 is 2.11 bits per heavy atom. The molecular formula is C15H21BrO2. The van der Waals surface area contributed by atoms with E-state index in [9.17, 15) is 5.11 Å². The van der Waals surface area contributed by atoms with Crippen molar-refractivity contribution in [3.63, 3.8) is 0 Å². The van der Waals surface area contributed by atoms with E-state index in [0.29, 0.717) is 0 Å². The highest BCUT2D eigenvalue weighted by molar-refractivity contribution is 9.10. The van der Waals surface area contributed by atoms with Crippen LogP contribution in [0.4, 0.5) is 0 Å². The first-order valence-electron chi connectivity index (χ1n) is 6.50. The highest BCUT2D eigenvalue weighted by atomic mass is 79.9. The Morgan fingerprint density at radius 3 is 2.78 bits per heavy atom. The minimum Gasteiger partial charge on any atom is -0.493 e. The van der Waals surface area contributed by atoms with Crippen molar-refractivity contribution in [3.8, 4) is 5.75 Å². The Bertz CT molecular complexity index is 435. The fraction of sp³-hybridized carbons (Fsp3) is 0.600. The summed E-state index contributed by atoms with van der Waals surface area (Å²) in [6.07, 6.45) is 2.34. The van der Waals surface area contributed by atoms with Crippen molar-refractivity contribution < 1.29 is 9.84 Å². The predicted molar refractivity (Wildman–Crippen MR) is 77.1 cm³/mol. The first-order chi connectivity index (χ1) is 8.38. The molecule has 18 heavy (non-hydrogen) atoms. The van der Waals surface area contributed by atoms with E-state index in [1.165, 1.54) is 11.1 Å². The second-order valence-corrected chi connectivity index (χ2v) is 6.99. The molecule has 0 radical (unpaired) electrons. The molecule has 2 nitrogen and oxygen atoms in total. The monoisotopic (exact) mass is 312 g/mol. The molecule has 1 aromatic rings. The number of aliphatic hydroxyl groups excluding tert-OH is 1. The summed E-state index contributed by atoms with van der Waals surface area (Å²) >= 11 is 3.54. The van der Waals surface area contributed by atoms with E-state index in [4.69, 9.17) is 4.74 Å². The third kappa shape index (κ3) is 3.07. The van der Waals surface area contributed by atoms with Crippen molar-refractivity contribution in [2.24, 2.45) is 5.41 Å². The van der Waals surface area contributed by atoms with Gasteiger partial charge in [0, 0.05) is 10.9 Å². The number of aryl methyl sites for hydroxylation is 1. The van der Waals surface area contributed by atoms with Crippen molar-refractivity contribution >= 4 is 15.9 Å². The van der Waals surface area contributed by atoms with Crippen LogP contribution in [0.25, 0.3) is 0 Å². The molecule has 0 saturated heterocycles. The molecule has 1 unspecified atom stereocenters. The lowest BCUT2D eigenvalue weighted by molar-refractivity contribution is 0.0559. The summed E-state index contributed by atoms with van der Waals surface area (Å²) in [6, 6.07) is 4.24. The number of fused-ring (bicyclic) bond motifs is 1. The summed E-state index contributed by atoms with van der Waals surface area (Å²) < 4.78 is 6.80. The summed E-state index contributed by atoms with van der Waals surface area (Å²) in [5.74, 6) is 1.04. The molecule has 0 saturated carbocycles. The molecule has 0 amide bonds. The van der Waals surface area contributed by atoms with Crippen molar-refractivity contribution in [3.05, 3.63) is 27.7 Å². The van der Waals surface area contributed by atoms with Gasteiger partial charge in [0.15, 0.2) is 0 Å². The average molecular weight is 313 g/mol. The first kappa shape index (κ1) is 13.9. The van der Waals surface area contributed by atoms with Gasteiger partial charge in [-0.05, 0) is 41.5 Å². The van der Waals surface area contributed by atoms with Gasteiger partial charge in [-0.1, -0.05) is 36.7 Å². The highest BCUT2D eigenvalue weighted by Gasteiger charge is 2.23. The maximum Gasteiger partial charge on any atom is 0.125 e. The standard InChI is InChI=1S/C15H21BrO2/c1-15(2,3)13(17)5-4-10-8-12(16)9-11-6-7-18-14(10)11/h8-9,13,17H,4-7H2,1-3H3. The summed E-state index contributed by atoms with van der Waals surface area (Å²) in [7, 11) is 0. The SMILES string of the molecule is CC(C)(C)C(O)CCc1cc(Br)cc2c1OCC2. The Balaban J connectivity index is 2.11. The van der Waals surface area contributed by atoms with E-state index >= 15 is 0 Å². The number of hydrogen-bond donors (Lipinski definition) is 1. The van der Waals surface area contributed by atoms with Gasteiger partial charge in [0.2, 0.25) is 0 Å². The maximum absolute atomic E-state index is 10.1. The van der Waals surface area contributed by atoms with Gasteiger partial charge in [-0.2, -0.15) is 0 Å². The zero-order valence-corrected chi connectivity index (χ0v) is 12.9. The molecule has 0 bridgehead atoms. The number of rotatable bonds is 3. The van der Waals surface area contributed by atoms with Crippen molar-refractivity contribution in [1.29, 1.82) is 0 Å². The van der Waals surface area contributed by atoms with Gasteiger partial charge in [-0.3, -0.25) is 0 Å². The van der Waals surface area contributed by atoms with Crippen LogP contribution in [0.15, 0.2) is 16.6 Å².